The van der Waals surface area contributed by atoms with Crippen molar-refractivity contribution in [2.45, 2.75) is 38.9 Å². The molecule has 1 rings (SSSR count). The van der Waals surface area contributed by atoms with Crippen LogP contribution in [0.4, 0.5) is 8.78 Å². The molecule has 0 unspecified atom stereocenters. The van der Waals surface area contributed by atoms with Crippen LogP contribution in [0.1, 0.15) is 31.1 Å². The fourth-order valence-corrected chi connectivity index (χ4v) is 2.19. The minimum atomic E-state index is -2.13. The van der Waals surface area contributed by atoms with E-state index >= 15 is 0 Å². The van der Waals surface area contributed by atoms with Crippen molar-refractivity contribution in [1.82, 2.24) is 0 Å². The number of carbonyl (C=O) groups is 1. The van der Waals surface area contributed by atoms with Crippen LogP contribution in [-0.4, -0.2) is 14.6 Å². The fraction of sp³-hybridized carbons (Fsp3) is 0.462. The summed E-state index contributed by atoms with van der Waals surface area (Å²) in [5.41, 5.74) is -0.316. The van der Waals surface area contributed by atoms with Gasteiger partial charge in [-0.3, -0.25) is 4.79 Å². The molecule has 2 nitrogen and oxygen atoms in total. The average molecular weight is 272 g/mol. The minimum Gasteiger partial charge on any atom is -0.543 e. The van der Waals surface area contributed by atoms with E-state index < -0.39 is 20.0 Å². The Bertz CT molecular complexity index is 465. The number of aldehydes is 1. The third-order valence-electron chi connectivity index (χ3n) is 3.34. The lowest BCUT2D eigenvalue weighted by molar-refractivity contribution is 0.111. The Balaban J connectivity index is 3.14. The first-order valence-corrected chi connectivity index (χ1v) is 8.62. The molecule has 0 aromatic heterocycles. The summed E-state index contributed by atoms with van der Waals surface area (Å²) in [7, 11) is -2.13. The Labute approximate surface area is 107 Å². The van der Waals surface area contributed by atoms with Gasteiger partial charge in [-0.25, -0.2) is 8.78 Å². The number of rotatable bonds is 3. The summed E-state index contributed by atoms with van der Waals surface area (Å²) in [5.74, 6) is -1.98. The first-order chi connectivity index (χ1) is 8.08. The standard InChI is InChI=1S/C13H18F2O2Si/c1-13(2,3)18(4,5)17-10-6-9(8-16)12(15)11(14)7-10/h6-8H,1-5H3. The lowest BCUT2D eigenvalue weighted by atomic mass is 10.2. The zero-order valence-corrected chi connectivity index (χ0v) is 12.3. The van der Waals surface area contributed by atoms with Gasteiger partial charge in [-0.1, -0.05) is 20.8 Å². The van der Waals surface area contributed by atoms with Gasteiger partial charge in [0.1, 0.15) is 5.75 Å². The highest BCUT2D eigenvalue weighted by molar-refractivity contribution is 6.74. The third kappa shape index (κ3) is 2.96. The summed E-state index contributed by atoms with van der Waals surface area (Å²) in [6.07, 6.45) is 0.289. The number of carbonyl (C=O) groups excluding carboxylic acids is 1. The molecule has 5 heteroatoms. The molecule has 0 bridgehead atoms. The first kappa shape index (κ1) is 14.8. The van der Waals surface area contributed by atoms with Crippen molar-refractivity contribution in [3.05, 3.63) is 29.3 Å². The highest BCUT2D eigenvalue weighted by atomic mass is 28.4. The lowest BCUT2D eigenvalue weighted by Gasteiger charge is -2.36. The van der Waals surface area contributed by atoms with Gasteiger partial charge in [-0.05, 0) is 24.2 Å². The van der Waals surface area contributed by atoms with Gasteiger partial charge in [0.05, 0.1) is 5.56 Å². The van der Waals surface area contributed by atoms with Crippen LogP contribution in [0.3, 0.4) is 0 Å². The molecule has 0 aliphatic rings. The van der Waals surface area contributed by atoms with Crippen LogP contribution in [0.5, 0.6) is 5.75 Å². The van der Waals surface area contributed by atoms with Gasteiger partial charge in [0, 0.05) is 6.07 Å². The van der Waals surface area contributed by atoms with E-state index in [-0.39, 0.29) is 22.6 Å². The zero-order valence-electron chi connectivity index (χ0n) is 11.3. The minimum absolute atomic E-state index is 0.0563. The number of hydrogen-bond donors (Lipinski definition) is 0. The van der Waals surface area contributed by atoms with Crippen LogP contribution in [-0.2, 0) is 0 Å². The highest BCUT2D eigenvalue weighted by Gasteiger charge is 2.39. The van der Waals surface area contributed by atoms with Crippen molar-refractivity contribution in [3.8, 4) is 5.75 Å². The van der Waals surface area contributed by atoms with E-state index in [1.807, 2.05) is 33.9 Å². The fourth-order valence-electron chi connectivity index (χ4n) is 1.18. The SMILES string of the molecule is CC(C)(C)[Si](C)(C)Oc1cc(F)c(F)c(C=O)c1. The van der Waals surface area contributed by atoms with E-state index in [0.717, 1.165) is 6.07 Å². The summed E-state index contributed by atoms with van der Waals surface area (Å²) < 4.78 is 32.3. The molecule has 0 aliphatic carbocycles. The Kier molecular flexibility index (Phi) is 3.95. The third-order valence-corrected chi connectivity index (χ3v) is 7.69. The molecule has 0 amide bonds. The van der Waals surface area contributed by atoms with Crippen molar-refractivity contribution < 1.29 is 18.0 Å². The maximum Gasteiger partial charge on any atom is 0.250 e. The van der Waals surface area contributed by atoms with Crippen LogP contribution >= 0.6 is 0 Å². The number of halogens is 2. The number of hydrogen-bond acceptors (Lipinski definition) is 2. The van der Waals surface area contributed by atoms with Crippen LogP contribution < -0.4 is 4.43 Å². The molecule has 0 saturated carbocycles. The second-order valence-electron chi connectivity index (χ2n) is 5.79. The van der Waals surface area contributed by atoms with Crippen molar-refractivity contribution in [3.63, 3.8) is 0 Å². The molecule has 0 N–H and O–H groups in total. The topological polar surface area (TPSA) is 26.3 Å². The highest BCUT2D eigenvalue weighted by Crippen LogP contribution is 2.37. The zero-order chi connectivity index (χ0) is 14.1. The van der Waals surface area contributed by atoms with Gasteiger partial charge in [0.15, 0.2) is 17.9 Å². The molecule has 0 atom stereocenters. The second kappa shape index (κ2) is 4.80. The molecule has 0 fully saturated rings. The monoisotopic (exact) mass is 272 g/mol. The van der Waals surface area contributed by atoms with Gasteiger partial charge in [0.2, 0.25) is 8.32 Å². The predicted molar refractivity (Wildman–Crippen MR) is 69.6 cm³/mol. The van der Waals surface area contributed by atoms with E-state index in [2.05, 4.69) is 0 Å². The molecule has 0 saturated heterocycles. The van der Waals surface area contributed by atoms with E-state index in [1.54, 1.807) is 0 Å². The maximum absolute atomic E-state index is 13.3. The van der Waals surface area contributed by atoms with Crippen LogP contribution in [0.2, 0.25) is 18.1 Å². The molecule has 0 spiro atoms. The Morgan fingerprint density at radius 1 is 1.22 bits per heavy atom. The van der Waals surface area contributed by atoms with Crippen LogP contribution in [0.15, 0.2) is 12.1 Å². The van der Waals surface area contributed by atoms with E-state index in [1.165, 1.54) is 6.07 Å². The smallest absolute Gasteiger partial charge is 0.250 e. The van der Waals surface area contributed by atoms with Gasteiger partial charge >= 0.3 is 0 Å². The maximum atomic E-state index is 13.3. The molecular formula is C13H18F2O2Si. The Morgan fingerprint density at radius 3 is 2.22 bits per heavy atom. The van der Waals surface area contributed by atoms with Crippen molar-refractivity contribution in [1.29, 1.82) is 0 Å². The number of benzene rings is 1. The van der Waals surface area contributed by atoms with Gasteiger partial charge in [-0.15, -0.1) is 0 Å². The average Bonchev–Trinajstić information content (AvgIpc) is 2.21. The Morgan fingerprint density at radius 2 is 1.78 bits per heavy atom. The molecule has 0 heterocycles. The van der Waals surface area contributed by atoms with E-state index in [9.17, 15) is 13.6 Å². The predicted octanol–water partition coefficient (Wildman–Crippen LogP) is 4.16. The molecule has 18 heavy (non-hydrogen) atoms. The first-order valence-electron chi connectivity index (χ1n) is 5.72. The van der Waals surface area contributed by atoms with Gasteiger partial charge in [0.25, 0.3) is 0 Å². The van der Waals surface area contributed by atoms with Crippen LogP contribution in [0.25, 0.3) is 0 Å². The summed E-state index contributed by atoms with van der Waals surface area (Å²) in [6.45, 7) is 10.1. The molecule has 0 radical (unpaired) electrons. The summed E-state index contributed by atoms with van der Waals surface area (Å²) in [4.78, 5) is 10.6. The molecule has 0 aliphatic heterocycles. The van der Waals surface area contributed by atoms with Gasteiger partial charge < -0.3 is 4.43 Å². The molecule has 1 aromatic rings. The summed E-state index contributed by atoms with van der Waals surface area (Å²) >= 11 is 0. The quantitative estimate of drug-likeness (QED) is 0.610. The van der Waals surface area contributed by atoms with Crippen LogP contribution in [0, 0.1) is 11.6 Å². The largest absolute Gasteiger partial charge is 0.543 e. The second-order valence-corrected chi connectivity index (χ2v) is 10.5. The summed E-state index contributed by atoms with van der Waals surface area (Å²) in [6, 6.07) is 2.23. The Hall–Kier alpha value is -1.23. The lowest BCUT2D eigenvalue weighted by Crippen LogP contribution is -2.43. The van der Waals surface area contributed by atoms with Crippen molar-refractivity contribution >= 4 is 14.6 Å². The summed E-state index contributed by atoms with van der Waals surface area (Å²) in [5, 5.41) is -0.0563. The van der Waals surface area contributed by atoms with E-state index in [4.69, 9.17) is 4.43 Å². The van der Waals surface area contributed by atoms with Gasteiger partial charge in [-0.2, -0.15) is 0 Å². The normalized spacial score (nSPS) is 12.4. The van der Waals surface area contributed by atoms with Crippen molar-refractivity contribution in [2.24, 2.45) is 0 Å². The molecule has 100 valence electrons. The molecule has 1 aromatic carbocycles. The van der Waals surface area contributed by atoms with E-state index in [0.29, 0.717) is 0 Å². The van der Waals surface area contributed by atoms with Crippen molar-refractivity contribution in [2.75, 3.05) is 0 Å². The molecular weight excluding hydrogens is 254 g/mol.